The largest absolute Gasteiger partial charge is 0.329 e. The van der Waals surface area contributed by atoms with E-state index in [0.717, 1.165) is 22.4 Å². The fraction of sp³-hybridized carbons (Fsp3) is 0.211. The Balaban J connectivity index is 2.00. The second-order valence-electron chi connectivity index (χ2n) is 6.26. The molecule has 0 saturated carbocycles. The first-order valence-corrected chi connectivity index (χ1v) is 8.07. The number of hydrogen-bond acceptors (Lipinski definition) is 4. The zero-order valence-electron chi connectivity index (χ0n) is 14.0. The van der Waals surface area contributed by atoms with Gasteiger partial charge in [-0.05, 0) is 35.7 Å². The number of aromatic nitrogens is 4. The van der Waals surface area contributed by atoms with Crippen molar-refractivity contribution in [1.82, 2.24) is 19.6 Å². The summed E-state index contributed by atoms with van der Waals surface area (Å²) in [5, 5.41) is 9.27. The third kappa shape index (κ3) is 2.29. The van der Waals surface area contributed by atoms with Crippen molar-refractivity contribution in [2.24, 2.45) is 0 Å². The van der Waals surface area contributed by atoms with Crippen LogP contribution < -0.4 is 4.90 Å². The number of para-hydroxylation sites is 1. The third-order valence-electron chi connectivity index (χ3n) is 4.39. The van der Waals surface area contributed by atoms with Gasteiger partial charge in [0.05, 0.1) is 5.52 Å². The van der Waals surface area contributed by atoms with Gasteiger partial charge in [-0.1, -0.05) is 38.1 Å². The standard InChI is InChI=1S/C19H19N5/c1-13(2)14-9-10-16-17(11-14)24-12-20-22-19(24)21-18(16)23(3)15-7-5-4-6-8-15/h4-13H,1-3H3. The summed E-state index contributed by atoms with van der Waals surface area (Å²) >= 11 is 0. The predicted molar refractivity (Wildman–Crippen MR) is 96.9 cm³/mol. The van der Waals surface area contributed by atoms with Gasteiger partial charge in [0.2, 0.25) is 0 Å². The lowest BCUT2D eigenvalue weighted by atomic mass is 10.0. The van der Waals surface area contributed by atoms with Gasteiger partial charge in [0, 0.05) is 18.1 Å². The average molecular weight is 317 g/mol. The Morgan fingerprint density at radius 2 is 1.83 bits per heavy atom. The van der Waals surface area contributed by atoms with E-state index in [1.807, 2.05) is 29.6 Å². The van der Waals surface area contributed by atoms with Crippen LogP contribution in [-0.4, -0.2) is 26.6 Å². The molecule has 24 heavy (non-hydrogen) atoms. The normalized spacial score (nSPS) is 11.5. The van der Waals surface area contributed by atoms with Crippen molar-refractivity contribution < 1.29 is 0 Å². The number of rotatable bonds is 3. The van der Waals surface area contributed by atoms with E-state index < -0.39 is 0 Å². The van der Waals surface area contributed by atoms with Crippen LogP contribution in [0.15, 0.2) is 54.9 Å². The summed E-state index contributed by atoms with van der Waals surface area (Å²) in [6.07, 6.45) is 1.72. The van der Waals surface area contributed by atoms with Crippen molar-refractivity contribution in [3.8, 4) is 0 Å². The van der Waals surface area contributed by atoms with Crippen molar-refractivity contribution in [3.63, 3.8) is 0 Å². The van der Waals surface area contributed by atoms with Crippen molar-refractivity contribution in [2.75, 3.05) is 11.9 Å². The lowest BCUT2D eigenvalue weighted by Gasteiger charge is -2.21. The molecule has 0 bridgehead atoms. The Morgan fingerprint density at radius 3 is 2.58 bits per heavy atom. The van der Waals surface area contributed by atoms with Gasteiger partial charge >= 0.3 is 0 Å². The third-order valence-corrected chi connectivity index (χ3v) is 4.39. The SMILES string of the molecule is CC(C)c1ccc2c(N(C)c3ccccc3)nc3nncn3c2c1. The van der Waals surface area contributed by atoms with Gasteiger partial charge in [-0.2, -0.15) is 4.98 Å². The molecule has 0 aliphatic heterocycles. The second kappa shape index (κ2) is 5.60. The highest BCUT2D eigenvalue weighted by Gasteiger charge is 2.15. The van der Waals surface area contributed by atoms with Gasteiger partial charge in [0.25, 0.3) is 5.78 Å². The molecule has 5 heteroatoms. The van der Waals surface area contributed by atoms with E-state index in [-0.39, 0.29) is 0 Å². The molecular formula is C19H19N5. The van der Waals surface area contributed by atoms with Gasteiger partial charge in [0.15, 0.2) is 0 Å². The Morgan fingerprint density at radius 1 is 1.04 bits per heavy atom. The lowest BCUT2D eigenvalue weighted by Crippen LogP contribution is -2.13. The molecule has 4 aromatic rings. The van der Waals surface area contributed by atoms with Gasteiger partial charge in [-0.25, -0.2) is 0 Å². The number of hydrogen-bond donors (Lipinski definition) is 0. The summed E-state index contributed by atoms with van der Waals surface area (Å²) in [7, 11) is 2.03. The molecule has 0 atom stereocenters. The summed E-state index contributed by atoms with van der Waals surface area (Å²) in [4.78, 5) is 6.82. The van der Waals surface area contributed by atoms with Crippen molar-refractivity contribution >= 4 is 28.2 Å². The number of nitrogens with zero attached hydrogens (tertiary/aromatic N) is 5. The van der Waals surface area contributed by atoms with E-state index in [9.17, 15) is 0 Å². The topological polar surface area (TPSA) is 46.3 Å². The molecule has 0 amide bonds. The first kappa shape index (κ1) is 14.6. The minimum absolute atomic E-state index is 0.462. The van der Waals surface area contributed by atoms with Crippen molar-refractivity contribution in [3.05, 3.63) is 60.4 Å². The molecule has 0 saturated heterocycles. The first-order valence-electron chi connectivity index (χ1n) is 8.07. The van der Waals surface area contributed by atoms with E-state index in [0.29, 0.717) is 11.7 Å². The molecule has 120 valence electrons. The highest BCUT2D eigenvalue weighted by Crippen LogP contribution is 2.31. The molecule has 5 nitrogen and oxygen atoms in total. The lowest BCUT2D eigenvalue weighted by molar-refractivity contribution is 0.867. The van der Waals surface area contributed by atoms with Crippen molar-refractivity contribution in [2.45, 2.75) is 19.8 Å². The maximum absolute atomic E-state index is 4.73. The molecule has 2 aromatic heterocycles. The summed E-state index contributed by atoms with van der Waals surface area (Å²) in [5.74, 6) is 1.96. The van der Waals surface area contributed by atoms with Crippen LogP contribution in [0.4, 0.5) is 11.5 Å². The highest BCUT2D eigenvalue weighted by atomic mass is 15.3. The fourth-order valence-electron chi connectivity index (χ4n) is 2.96. The van der Waals surface area contributed by atoms with E-state index in [2.05, 4.69) is 59.3 Å². The van der Waals surface area contributed by atoms with Gasteiger partial charge in [-0.15, -0.1) is 10.2 Å². The first-order chi connectivity index (χ1) is 11.6. The van der Waals surface area contributed by atoms with Crippen LogP contribution in [0.3, 0.4) is 0 Å². The smallest absolute Gasteiger partial charge is 0.257 e. The number of anilines is 2. The summed E-state index contributed by atoms with van der Waals surface area (Å²) < 4.78 is 1.95. The zero-order chi connectivity index (χ0) is 16.7. The van der Waals surface area contributed by atoms with E-state index in [1.165, 1.54) is 5.56 Å². The van der Waals surface area contributed by atoms with Gasteiger partial charge in [0.1, 0.15) is 12.1 Å². The van der Waals surface area contributed by atoms with Gasteiger partial charge < -0.3 is 4.90 Å². The monoisotopic (exact) mass is 317 g/mol. The molecular weight excluding hydrogens is 298 g/mol. The number of benzene rings is 2. The van der Waals surface area contributed by atoms with Crippen LogP contribution in [0.2, 0.25) is 0 Å². The maximum atomic E-state index is 4.73. The molecule has 0 aliphatic carbocycles. The molecule has 4 rings (SSSR count). The van der Waals surface area contributed by atoms with Crippen LogP contribution in [0.25, 0.3) is 16.7 Å². The molecule has 0 fully saturated rings. The summed E-state index contributed by atoms with van der Waals surface area (Å²) in [6, 6.07) is 16.7. The molecule has 0 aliphatic rings. The van der Waals surface area contributed by atoms with Crippen LogP contribution in [0.5, 0.6) is 0 Å². The molecule has 0 unspecified atom stereocenters. The van der Waals surface area contributed by atoms with Crippen LogP contribution in [0.1, 0.15) is 25.3 Å². The zero-order valence-corrected chi connectivity index (χ0v) is 14.0. The molecule has 0 spiro atoms. The summed E-state index contributed by atoms with van der Waals surface area (Å²) in [6.45, 7) is 4.39. The minimum atomic E-state index is 0.462. The molecule has 2 aromatic carbocycles. The Kier molecular flexibility index (Phi) is 3.41. The second-order valence-corrected chi connectivity index (χ2v) is 6.26. The fourth-order valence-corrected chi connectivity index (χ4v) is 2.96. The minimum Gasteiger partial charge on any atom is -0.329 e. The highest BCUT2D eigenvalue weighted by molar-refractivity contribution is 5.93. The van der Waals surface area contributed by atoms with Crippen LogP contribution in [-0.2, 0) is 0 Å². The quantitative estimate of drug-likeness (QED) is 0.569. The van der Waals surface area contributed by atoms with Crippen LogP contribution >= 0.6 is 0 Å². The summed E-state index contributed by atoms with van der Waals surface area (Å²) in [5.41, 5.74) is 3.45. The van der Waals surface area contributed by atoms with Crippen molar-refractivity contribution in [1.29, 1.82) is 0 Å². The Hall–Kier alpha value is -2.95. The van der Waals surface area contributed by atoms with E-state index in [1.54, 1.807) is 6.33 Å². The van der Waals surface area contributed by atoms with E-state index >= 15 is 0 Å². The number of fused-ring (bicyclic) bond motifs is 3. The Bertz CT molecular complexity index is 1000. The Labute approximate surface area is 140 Å². The average Bonchev–Trinajstić information content (AvgIpc) is 3.09. The van der Waals surface area contributed by atoms with Crippen LogP contribution in [0, 0.1) is 0 Å². The molecule has 0 radical (unpaired) electrons. The predicted octanol–water partition coefficient (Wildman–Crippen LogP) is 4.17. The van der Waals surface area contributed by atoms with Gasteiger partial charge in [-0.3, -0.25) is 4.40 Å². The van der Waals surface area contributed by atoms with E-state index in [4.69, 9.17) is 4.98 Å². The maximum Gasteiger partial charge on any atom is 0.257 e. The molecule has 0 N–H and O–H groups in total. The molecule has 2 heterocycles.